The second kappa shape index (κ2) is 4.69. The van der Waals surface area contributed by atoms with Crippen molar-refractivity contribution >= 4 is 11.7 Å². The lowest BCUT2D eigenvalue weighted by molar-refractivity contribution is -0.384. The summed E-state index contributed by atoms with van der Waals surface area (Å²) in [5.41, 5.74) is -1.47. The van der Waals surface area contributed by atoms with Gasteiger partial charge in [-0.05, 0) is 31.2 Å². The number of esters is 1. The van der Waals surface area contributed by atoms with Crippen LogP contribution in [0.5, 0.6) is 0 Å². The van der Waals surface area contributed by atoms with Gasteiger partial charge in [0, 0.05) is 12.1 Å². The highest BCUT2D eigenvalue weighted by Gasteiger charge is 2.24. The third-order valence-electron chi connectivity index (χ3n) is 1.88. The number of non-ortho nitro benzene ring substituents is 1. The highest BCUT2D eigenvalue weighted by Crippen LogP contribution is 2.16. The van der Waals surface area contributed by atoms with Crippen LogP contribution in [0.25, 0.3) is 0 Å². The van der Waals surface area contributed by atoms with Crippen LogP contribution in [0.1, 0.15) is 24.2 Å². The Morgan fingerprint density at radius 2 is 1.88 bits per heavy atom. The van der Waals surface area contributed by atoms with Crippen LogP contribution < -0.4 is 0 Å². The van der Waals surface area contributed by atoms with Crippen molar-refractivity contribution in [3.8, 4) is 0 Å². The molecule has 7 nitrogen and oxygen atoms in total. The zero-order valence-corrected chi connectivity index (χ0v) is 9.25. The Morgan fingerprint density at radius 1 is 1.35 bits per heavy atom. The van der Waals surface area contributed by atoms with Gasteiger partial charge in [-0.15, -0.1) is 4.91 Å². The van der Waals surface area contributed by atoms with Gasteiger partial charge in [0.05, 0.1) is 10.5 Å². The summed E-state index contributed by atoms with van der Waals surface area (Å²) in [6, 6.07) is 4.86. The van der Waals surface area contributed by atoms with E-state index in [0.717, 1.165) is 0 Å². The maximum atomic E-state index is 11.5. The van der Waals surface area contributed by atoms with Crippen LogP contribution in [0, 0.1) is 15.0 Å². The van der Waals surface area contributed by atoms with E-state index in [2.05, 4.69) is 5.18 Å². The number of nitro benzene ring substituents is 1. The molecule has 1 aromatic carbocycles. The summed E-state index contributed by atoms with van der Waals surface area (Å²) in [4.78, 5) is 31.6. The Hall–Kier alpha value is -2.31. The Labute approximate surface area is 96.5 Å². The minimum atomic E-state index is -1.46. The normalized spacial score (nSPS) is 10.7. The molecule has 0 heterocycles. The van der Waals surface area contributed by atoms with Crippen molar-refractivity contribution < 1.29 is 14.5 Å². The summed E-state index contributed by atoms with van der Waals surface area (Å²) in [5.74, 6) is -0.760. The number of ether oxygens (including phenoxy) is 1. The molecule has 0 amide bonds. The standard InChI is InChI=1S/C10H10N2O5/c1-10(2,11-14)17-9(13)7-3-5-8(6-4-7)12(15)16/h3-6H,1-2H3. The summed E-state index contributed by atoms with van der Waals surface area (Å²) in [6.45, 7) is 2.67. The van der Waals surface area contributed by atoms with Crippen molar-refractivity contribution in [3.05, 3.63) is 44.9 Å². The summed E-state index contributed by atoms with van der Waals surface area (Å²) in [7, 11) is 0. The van der Waals surface area contributed by atoms with E-state index in [-0.39, 0.29) is 11.3 Å². The maximum absolute atomic E-state index is 11.5. The van der Waals surface area contributed by atoms with E-state index in [1.54, 1.807) is 0 Å². The van der Waals surface area contributed by atoms with Crippen molar-refractivity contribution in [1.29, 1.82) is 0 Å². The van der Waals surface area contributed by atoms with Crippen molar-refractivity contribution in [2.75, 3.05) is 0 Å². The van der Waals surface area contributed by atoms with Gasteiger partial charge in [-0.3, -0.25) is 10.1 Å². The Bertz CT molecular complexity index is 452. The van der Waals surface area contributed by atoms with Crippen LogP contribution in [0.3, 0.4) is 0 Å². The molecule has 0 bridgehead atoms. The van der Waals surface area contributed by atoms with Crippen molar-refractivity contribution in [2.24, 2.45) is 5.18 Å². The van der Waals surface area contributed by atoms with Crippen LogP contribution >= 0.6 is 0 Å². The van der Waals surface area contributed by atoms with Crippen LogP contribution in [0.2, 0.25) is 0 Å². The van der Waals surface area contributed by atoms with Crippen LogP contribution in [-0.2, 0) is 4.74 Å². The number of nitro groups is 1. The van der Waals surface area contributed by atoms with Crippen molar-refractivity contribution in [3.63, 3.8) is 0 Å². The average molecular weight is 238 g/mol. The number of rotatable bonds is 4. The number of carbonyl (C=O) groups is 1. The van der Waals surface area contributed by atoms with Crippen molar-refractivity contribution in [2.45, 2.75) is 19.6 Å². The highest BCUT2D eigenvalue weighted by molar-refractivity contribution is 5.89. The molecule has 0 saturated heterocycles. The van der Waals surface area contributed by atoms with E-state index in [0.29, 0.717) is 0 Å². The number of benzene rings is 1. The first-order valence-electron chi connectivity index (χ1n) is 4.68. The molecular formula is C10H10N2O5. The molecule has 0 unspecified atom stereocenters. The van der Waals surface area contributed by atoms with Gasteiger partial charge in [-0.1, -0.05) is 0 Å². The number of hydrogen-bond acceptors (Lipinski definition) is 6. The molecule has 0 radical (unpaired) electrons. The molecule has 0 aliphatic carbocycles. The number of carbonyl (C=O) groups excluding carboxylic acids is 1. The smallest absolute Gasteiger partial charge is 0.340 e. The van der Waals surface area contributed by atoms with Crippen LogP contribution in [0.15, 0.2) is 29.4 Å². The van der Waals surface area contributed by atoms with Crippen LogP contribution in [-0.4, -0.2) is 16.6 Å². The predicted octanol–water partition coefficient (Wildman–Crippen LogP) is 2.25. The number of nitrogens with zero attached hydrogens (tertiary/aromatic N) is 2. The Balaban J connectivity index is 2.84. The maximum Gasteiger partial charge on any atom is 0.340 e. The number of hydrogen-bond donors (Lipinski definition) is 0. The van der Waals surface area contributed by atoms with E-state index in [4.69, 9.17) is 4.74 Å². The van der Waals surface area contributed by atoms with Gasteiger partial charge in [-0.2, -0.15) is 0 Å². The first-order valence-corrected chi connectivity index (χ1v) is 4.68. The zero-order valence-electron chi connectivity index (χ0n) is 9.25. The largest absolute Gasteiger partial charge is 0.431 e. The van der Waals surface area contributed by atoms with Crippen molar-refractivity contribution in [1.82, 2.24) is 0 Å². The highest BCUT2D eigenvalue weighted by atomic mass is 16.6. The van der Waals surface area contributed by atoms with Crippen LogP contribution in [0.4, 0.5) is 5.69 Å². The number of nitroso groups, excluding NO2 is 1. The monoisotopic (exact) mass is 238 g/mol. The van der Waals surface area contributed by atoms with Gasteiger partial charge >= 0.3 is 5.97 Å². The molecule has 1 rings (SSSR count). The third kappa shape index (κ3) is 3.33. The molecule has 0 atom stereocenters. The van der Waals surface area contributed by atoms with Gasteiger partial charge in [0.1, 0.15) is 0 Å². The average Bonchev–Trinajstić information content (AvgIpc) is 2.28. The van der Waals surface area contributed by atoms with Gasteiger partial charge in [0.25, 0.3) is 5.69 Å². The van der Waals surface area contributed by atoms with E-state index < -0.39 is 16.6 Å². The van der Waals surface area contributed by atoms with E-state index in [9.17, 15) is 19.8 Å². The molecule has 0 aromatic heterocycles. The summed E-state index contributed by atoms with van der Waals surface area (Å²) in [6.07, 6.45) is 0. The molecule has 0 aliphatic heterocycles. The molecule has 0 N–H and O–H groups in total. The third-order valence-corrected chi connectivity index (χ3v) is 1.88. The topological polar surface area (TPSA) is 98.9 Å². The quantitative estimate of drug-likeness (QED) is 0.346. The lowest BCUT2D eigenvalue weighted by Crippen LogP contribution is -2.25. The fraction of sp³-hybridized carbons (Fsp3) is 0.300. The molecule has 90 valence electrons. The molecule has 0 aliphatic rings. The van der Waals surface area contributed by atoms with Gasteiger partial charge in [-0.25, -0.2) is 4.79 Å². The molecule has 0 fully saturated rings. The predicted molar refractivity (Wildman–Crippen MR) is 58.4 cm³/mol. The first kappa shape index (κ1) is 12.8. The molecular weight excluding hydrogens is 228 g/mol. The molecule has 1 aromatic rings. The zero-order chi connectivity index (χ0) is 13.1. The first-order chi connectivity index (χ1) is 7.85. The van der Waals surface area contributed by atoms with Gasteiger partial charge < -0.3 is 4.74 Å². The lowest BCUT2D eigenvalue weighted by atomic mass is 10.2. The molecule has 7 heteroatoms. The van der Waals surface area contributed by atoms with E-state index >= 15 is 0 Å². The SMILES string of the molecule is CC(C)(N=O)OC(=O)c1ccc([N+](=O)[O-])cc1. The molecule has 0 spiro atoms. The van der Waals surface area contributed by atoms with Gasteiger partial charge in [0.15, 0.2) is 0 Å². The minimum absolute atomic E-state index is 0.118. The fourth-order valence-corrected chi connectivity index (χ4v) is 1.02. The van der Waals surface area contributed by atoms with Gasteiger partial charge in [0.2, 0.25) is 5.72 Å². The Morgan fingerprint density at radius 3 is 2.29 bits per heavy atom. The summed E-state index contributed by atoms with van der Waals surface area (Å²) in [5, 5.41) is 13.0. The Kier molecular flexibility index (Phi) is 3.52. The second-order valence-electron chi connectivity index (χ2n) is 3.73. The summed E-state index contributed by atoms with van der Waals surface area (Å²) >= 11 is 0. The van der Waals surface area contributed by atoms with E-state index in [1.165, 1.54) is 38.1 Å². The molecule has 0 saturated carbocycles. The fourth-order valence-electron chi connectivity index (χ4n) is 1.02. The molecule has 17 heavy (non-hydrogen) atoms. The minimum Gasteiger partial charge on any atom is -0.431 e. The van der Waals surface area contributed by atoms with E-state index in [1.807, 2.05) is 0 Å². The lowest BCUT2D eigenvalue weighted by Gasteiger charge is -2.15. The summed E-state index contributed by atoms with van der Waals surface area (Å²) < 4.78 is 4.79. The second-order valence-corrected chi connectivity index (χ2v) is 3.73.